The van der Waals surface area contributed by atoms with Crippen molar-refractivity contribution in [2.45, 2.75) is 80.9 Å². The van der Waals surface area contributed by atoms with Crippen molar-refractivity contribution in [1.82, 2.24) is 0 Å². The maximum absolute atomic E-state index is 12.4. The maximum Gasteiger partial charge on any atom is 0.313 e. The molecular weight excluding hydrogens is 384 g/mol. The number of rotatable bonds is 8. The molecule has 0 fully saturated rings. The first-order valence-corrected chi connectivity index (χ1v) is 10.4. The monoisotopic (exact) mass is 420 g/mol. The van der Waals surface area contributed by atoms with Crippen LogP contribution in [-0.4, -0.2) is 17.9 Å². The van der Waals surface area contributed by atoms with Gasteiger partial charge in [0, 0.05) is 11.1 Å². The zero-order chi connectivity index (χ0) is 23.2. The Bertz CT molecular complexity index is 723. The topological polar surface area (TPSA) is 78.9 Å². The van der Waals surface area contributed by atoms with Gasteiger partial charge in [0.15, 0.2) is 0 Å². The first kappa shape index (κ1) is 25.7. The molecule has 0 heterocycles. The molecule has 0 N–H and O–H groups in total. The molecule has 0 amide bonds. The van der Waals surface area contributed by atoms with E-state index in [1.54, 1.807) is 41.5 Å². The zero-order valence-corrected chi connectivity index (χ0v) is 19.8. The van der Waals surface area contributed by atoms with E-state index in [-0.39, 0.29) is 54.1 Å². The smallest absolute Gasteiger partial charge is 0.313 e. The lowest BCUT2D eigenvalue weighted by molar-refractivity contribution is -0.149. The summed E-state index contributed by atoms with van der Waals surface area (Å²) in [5, 5.41) is 0. The minimum absolute atomic E-state index is 0.0350. The average molecular weight is 421 g/mol. The van der Waals surface area contributed by atoms with Crippen molar-refractivity contribution >= 4 is 17.9 Å². The molecule has 1 aromatic carbocycles. The van der Waals surface area contributed by atoms with Gasteiger partial charge in [-0.05, 0) is 23.1 Å². The molecule has 0 aliphatic rings. The van der Waals surface area contributed by atoms with Crippen LogP contribution in [0, 0.1) is 17.8 Å². The van der Waals surface area contributed by atoms with Crippen molar-refractivity contribution in [2.24, 2.45) is 17.8 Å². The molecule has 6 nitrogen and oxygen atoms in total. The third-order valence-corrected chi connectivity index (χ3v) is 4.47. The van der Waals surface area contributed by atoms with Gasteiger partial charge in [-0.3, -0.25) is 14.4 Å². The summed E-state index contributed by atoms with van der Waals surface area (Å²) in [5.41, 5.74) is 1.88. The van der Waals surface area contributed by atoms with E-state index >= 15 is 0 Å². The average Bonchev–Trinajstić information content (AvgIpc) is 2.63. The molecule has 168 valence electrons. The summed E-state index contributed by atoms with van der Waals surface area (Å²) < 4.78 is 16.5. The summed E-state index contributed by atoms with van der Waals surface area (Å²) in [7, 11) is 0. The molecule has 30 heavy (non-hydrogen) atoms. The first-order chi connectivity index (χ1) is 13.7. The number of carbonyl (C=O) groups excluding carboxylic acids is 3. The largest absolute Gasteiger partial charge is 0.460 e. The van der Waals surface area contributed by atoms with Crippen molar-refractivity contribution < 1.29 is 28.6 Å². The van der Waals surface area contributed by atoms with E-state index in [9.17, 15) is 14.4 Å². The summed E-state index contributed by atoms with van der Waals surface area (Å²) in [6.07, 6.45) is 0. The number of ether oxygens (including phenoxy) is 3. The Kier molecular flexibility index (Phi) is 9.07. The van der Waals surface area contributed by atoms with Crippen molar-refractivity contribution in [2.75, 3.05) is 0 Å². The highest BCUT2D eigenvalue weighted by Gasteiger charge is 2.24. The van der Waals surface area contributed by atoms with Crippen LogP contribution in [0.4, 0.5) is 0 Å². The lowest BCUT2D eigenvalue weighted by Gasteiger charge is -2.24. The second-order valence-corrected chi connectivity index (χ2v) is 9.47. The van der Waals surface area contributed by atoms with Gasteiger partial charge in [-0.2, -0.15) is 0 Å². The molecule has 0 radical (unpaired) electrons. The van der Waals surface area contributed by atoms with Gasteiger partial charge in [-0.25, -0.2) is 0 Å². The van der Waals surface area contributed by atoms with Crippen LogP contribution in [0.25, 0.3) is 0 Å². The Balaban J connectivity index is 3.46. The van der Waals surface area contributed by atoms with Crippen LogP contribution in [0.3, 0.4) is 0 Å². The van der Waals surface area contributed by atoms with Gasteiger partial charge in [-0.15, -0.1) is 0 Å². The lowest BCUT2D eigenvalue weighted by Crippen LogP contribution is -2.20. The first-order valence-electron chi connectivity index (χ1n) is 10.4. The number of hydrogen-bond acceptors (Lipinski definition) is 6. The molecule has 6 heteroatoms. The van der Waals surface area contributed by atoms with E-state index in [2.05, 4.69) is 20.8 Å². The molecular formula is C24H36O6. The van der Waals surface area contributed by atoms with E-state index < -0.39 is 5.97 Å². The maximum atomic E-state index is 12.4. The van der Waals surface area contributed by atoms with E-state index in [1.165, 1.54) is 0 Å². The SMILES string of the molecule is CC(C)C(=O)OCc1cc(C(C)(C)C)cc(COC(=O)C(C)C)c1OC(=O)C(C)C. The van der Waals surface area contributed by atoms with Crippen LogP contribution in [0.5, 0.6) is 5.75 Å². The van der Waals surface area contributed by atoms with Gasteiger partial charge in [0.2, 0.25) is 0 Å². The fourth-order valence-corrected chi connectivity index (χ4v) is 2.38. The molecule has 0 aliphatic carbocycles. The molecule has 1 rings (SSSR count). The molecule has 0 bridgehead atoms. The number of carbonyl (C=O) groups is 3. The quantitative estimate of drug-likeness (QED) is 0.438. The Morgan fingerprint density at radius 1 is 0.733 bits per heavy atom. The fraction of sp³-hybridized carbons (Fsp3) is 0.625. The molecule has 0 aromatic heterocycles. The van der Waals surface area contributed by atoms with Gasteiger partial charge in [0.1, 0.15) is 19.0 Å². The van der Waals surface area contributed by atoms with E-state index in [0.717, 1.165) is 5.56 Å². The second-order valence-electron chi connectivity index (χ2n) is 9.47. The fourth-order valence-electron chi connectivity index (χ4n) is 2.38. The lowest BCUT2D eigenvalue weighted by atomic mass is 9.84. The summed E-state index contributed by atoms with van der Waals surface area (Å²) in [6, 6.07) is 3.76. The third-order valence-electron chi connectivity index (χ3n) is 4.47. The number of esters is 3. The van der Waals surface area contributed by atoms with Crippen LogP contribution in [-0.2, 0) is 42.5 Å². The van der Waals surface area contributed by atoms with Gasteiger partial charge < -0.3 is 14.2 Å². The van der Waals surface area contributed by atoms with Crippen LogP contribution in [0.15, 0.2) is 12.1 Å². The molecule has 0 unspecified atom stereocenters. The molecule has 0 spiro atoms. The molecule has 0 saturated carbocycles. The summed E-state index contributed by atoms with van der Waals surface area (Å²) >= 11 is 0. The highest BCUT2D eigenvalue weighted by Crippen LogP contribution is 2.34. The molecule has 1 aromatic rings. The Hall–Kier alpha value is -2.37. The number of hydrogen-bond donors (Lipinski definition) is 0. The predicted octanol–water partition coefficient (Wildman–Crippen LogP) is 4.94. The van der Waals surface area contributed by atoms with Crippen molar-refractivity contribution in [1.29, 1.82) is 0 Å². The minimum atomic E-state index is -0.411. The highest BCUT2D eigenvalue weighted by molar-refractivity contribution is 5.76. The Labute approximate surface area is 180 Å². The van der Waals surface area contributed by atoms with Crippen LogP contribution in [0.2, 0.25) is 0 Å². The van der Waals surface area contributed by atoms with E-state index in [0.29, 0.717) is 11.1 Å². The standard InChI is InChI=1S/C24H36O6/c1-14(2)21(25)28-12-17-10-19(24(7,8)9)11-18(13-29-22(26)15(3)4)20(17)30-23(27)16(5)6/h10-11,14-16H,12-13H2,1-9H3. The third kappa shape index (κ3) is 7.47. The summed E-state index contributed by atoms with van der Waals surface area (Å²) in [5.74, 6) is -1.70. The van der Waals surface area contributed by atoms with Gasteiger partial charge in [-0.1, -0.05) is 62.3 Å². The zero-order valence-electron chi connectivity index (χ0n) is 19.8. The Morgan fingerprint density at radius 2 is 1.10 bits per heavy atom. The van der Waals surface area contributed by atoms with Crippen LogP contribution in [0.1, 0.15) is 79.0 Å². The predicted molar refractivity (Wildman–Crippen MR) is 115 cm³/mol. The van der Waals surface area contributed by atoms with Gasteiger partial charge >= 0.3 is 17.9 Å². The Morgan fingerprint density at radius 3 is 1.40 bits per heavy atom. The highest BCUT2D eigenvalue weighted by atomic mass is 16.6. The minimum Gasteiger partial charge on any atom is -0.460 e. The molecule has 0 atom stereocenters. The normalized spacial score (nSPS) is 11.7. The van der Waals surface area contributed by atoms with Crippen LogP contribution < -0.4 is 4.74 Å². The summed E-state index contributed by atoms with van der Waals surface area (Å²) in [4.78, 5) is 36.4. The van der Waals surface area contributed by atoms with E-state index in [4.69, 9.17) is 14.2 Å². The summed E-state index contributed by atoms with van der Waals surface area (Å²) in [6.45, 7) is 16.6. The van der Waals surface area contributed by atoms with Gasteiger partial charge in [0.05, 0.1) is 17.8 Å². The van der Waals surface area contributed by atoms with Crippen LogP contribution >= 0.6 is 0 Å². The van der Waals surface area contributed by atoms with Crippen molar-refractivity contribution in [3.8, 4) is 5.75 Å². The van der Waals surface area contributed by atoms with E-state index in [1.807, 2.05) is 12.1 Å². The second kappa shape index (κ2) is 10.6. The van der Waals surface area contributed by atoms with Crippen molar-refractivity contribution in [3.05, 3.63) is 28.8 Å². The van der Waals surface area contributed by atoms with Gasteiger partial charge in [0.25, 0.3) is 0 Å². The number of benzene rings is 1. The molecule has 0 saturated heterocycles. The molecule has 0 aliphatic heterocycles. The van der Waals surface area contributed by atoms with Crippen molar-refractivity contribution in [3.63, 3.8) is 0 Å².